The Labute approximate surface area is 119 Å². The van der Waals surface area contributed by atoms with Crippen LogP contribution in [0, 0.1) is 12.8 Å². The first-order valence-corrected chi connectivity index (χ1v) is 6.97. The van der Waals surface area contributed by atoms with Crippen LogP contribution in [0.3, 0.4) is 0 Å². The number of aliphatic carboxylic acids is 1. The molecule has 0 radical (unpaired) electrons. The zero-order valence-corrected chi connectivity index (χ0v) is 12.0. The van der Waals surface area contributed by atoms with E-state index in [1.54, 1.807) is 30.5 Å². The highest BCUT2D eigenvalue weighted by atomic mass is 32.1. The van der Waals surface area contributed by atoms with Crippen LogP contribution in [0.15, 0.2) is 17.6 Å². The number of thiazole rings is 1. The minimum atomic E-state index is -0.935. The van der Waals surface area contributed by atoms with Crippen LogP contribution in [-0.4, -0.2) is 33.5 Å². The molecule has 0 saturated heterocycles. The van der Waals surface area contributed by atoms with Gasteiger partial charge in [0.2, 0.25) is 0 Å². The zero-order chi connectivity index (χ0) is 14.7. The second-order valence-corrected chi connectivity index (χ2v) is 5.57. The van der Waals surface area contributed by atoms with Gasteiger partial charge in [0.1, 0.15) is 5.69 Å². The van der Waals surface area contributed by atoms with Crippen molar-refractivity contribution in [2.75, 3.05) is 6.54 Å². The number of hydrogen-bond acceptors (Lipinski definition) is 4. The predicted molar refractivity (Wildman–Crippen MR) is 75.8 cm³/mol. The first-order chi connectivity index (χ1) is 9.47. The van der Waals surface area contributed by atoms with E-state index in [2.05, 4.69) is 15.3 Å². The third-order valence-corrected chi connectivity index (χ3v) is 3.61. The number of carboxylic acid groups (broad SMARTS) is 1. The van der Waals surface area contributed by atoms with Gasteiger partial charge in [-0.25, -0.2) is 4.98 Å². The van der Waals surface area contributed by atoms with E-state index >= 15 is 0 Å². The van der Waals surface area contributed by atoms with E-state index in [4.69, 9.17) is 5.11 Å². The van der Waals surface area contributed by atoms with Gasteiger partial charge in [0.05, 0.1) is 16.6 Å². The quantitative estimate of drug-likeness (QED) is 0.784. The van der Waals surface area contributed by atoms with E-state index in [0.29, 0.717) is 5.69 Å². The summed E-state index contributed by atoms with van der Waals surface area (Å²) in [6.07, 6.45) is 1.71. The number of aromatic nitrogens is 2. The van der Waals surface area contributed by atoms with Crippen molar-refractivity contribution in [1.29, 1.82) is 0 Å². The lowest BCUT2D eigenvalue weighted by Gasteiger charge is -2.06. The Morgan fingerprint density at radius 2 is 2.30 bits per heavy atom. The van der Waals surface area contributed by atoms with Crippen molar-refractivity contribution >= 4 is 23.2 Å². The molecule has 0 bridgehead atoms. The van der Waals surface area contributed by atoms with Gasteiger partial charge in [-0.15, -0.1) is 11.3 Å². The average molecular weight is 293 g/mol. The number of H-pyrrole nitrogens is 1. The second-order valence-electron chi connectivity index (χ2n) is 4.50. The summed E-state index contributed by atoms with van der Waals surface area (Å²) < 4.78 is 0. The Bertz CT molecular complexity index is 632. The summed E-state index contributed by atoms with van der Waals surface area (Å²) in [6, 6.07) is 1.70. The van der Waals surface area contributed by atoms with Crippen molar-refractivity contribution in [3.05, 3.63) is 28.3 Å². The largest absolute Gasteiger partial charge is 0.481 e. The average Bonchev–Trinajstić information content (AvgIpc) is 3.03. The topological polar surface area (TPSA) is 95.1 Å². The van der Waals surface area contributed by atoms with Gasteiger partial charge in [-0.1, -0.05) is 6.92 Å². The number of rotatable bonds is 5. The van der Waals surface area contributed by atoms with Crippen molar-refractivity contribution in [1.82, 2.24) is 15.3 Å². The summed E-state index contributed by atoms with van der Waals surface area (Å²) in [7, 11) is 0. The lowest BCUT2D eigenvalue weighted by molar-refractivity contribution is -0.140. The van der Waals surface area contributed by atoms with Gasteiger partial charge in [-0.3, -0.25) is 9.59 Å². The van der Waals surface area contributed by atoms with E-state index in [-0.39, 0.29) is 12.5 Å². The maximum atomic E-state index is 11.9. The SMILES string of the molecule is Cc1nc(-c2c[nH]c(C(=O)NCC(C)C(=O)O)c2)cs1. The van der Waals surface area contributed by atoms with Crippen LogP contribution in [0.4, 0.5) is 0 Å². The van der Waals surface area contributed by atoms with Gasteiger partial charge in [0, 0.05) is 23.7 Å². The van der Waals surface area contributed by atoms with Crippen molar-refractivity contribution in [2.24, 2.45) is 5.92 Å². The third kappa shape index (κ3) is 3.24. The molecular weight excluding hydrogens is 278 g/mol. The maximum absolute atomic E-state index is 11.9. The van der Waals surface area contributed by atoms with Gasteiger partial charge >= 0.3 is 5.97 Å². The Kier molecular flexibility index (Phi) is 4.19. The number of aromatic amines is 1. The molecule has 1 atom stereocenters. The number of carbonyl (C=O) groups is 2. The molecule has 2 rings (SSSR count). The normalized spacial score (nSPS) is 12.1. The van der Waals surface area contributed by atoms with Gasteiger partial charge < -0.3 is 15.4 Å². The Hall–Kier alpha value is -2.15. The van der Waals surface area contributed by atoms with Crippen LogP contribution < -0.4 is 5.32 Å². The standard InChI is InChI=1S/C13H15N3O3S/c1-7(13(18)19)4-15-12(17)10-3-9(5-14-10)11-6-20-8(2)16-11/h3,5-7,14H,4H2,1-2H3,(H,15,17)(H,18,19). The van der Waals surface area contributed by atoms with Crippen LogP contribution in [0.25, 0.3) is 11.3 Å². The molecule has 20 heavy (non-hydrogen) atoms. The fourth-order valence-corrected chi connectivity index (χ4v) is 2.22. The Morgan fingerprint density at radius 1 is 1.55 bits per heavy atom. The van der Waals surface area contributed by atoms with Crippen molar-refractivity contribution in [3.8, 4) is 11.3 Å². The number of aryl methyl sites for hydroxylation is 1. The van der Waals surface area contributed by atoms with Crippen LogP contribution >= 0.6 is 11.3 Å². The Morgan fingerprint density at radius 3 is 2.90 bits per heavy atom. The number of carboxylic acids is 1. The molecule has 106 valence electrons. The summed E-state index contributed by atoms with van der Waals surface area (Å²) in [5.41, 5.74) is 2.05. The van der Waals surface area contributed by atoms with Crippen LogP contribution in [0.2, 0.25) is 0 Å². The summed E-state index contributed by atoms with van der Waals surface area (Å²) in [6.45, 7) is 3.56. The molecule has 1 unspecified atom stereocenters. The lowest BCUT2D eigenvalue weighted by Crippen LogP contribution is -2.31. The fraction of sp³-hybridized carbons (Fsp3) is 0.308. The fourth-order valence-electron chi connectivity index (χ4n) is 1.60. The van der Waals surface area contributed by atoms with E-state index < -0.39 is 11.9 Å². The molecule has 0 saturated carbocycles. The number of hydrogen-bond donors (Lipinski definition) is 3. The van der Waals surface area contributed by atoms with E-state index in [1.165, 1.54) is 0 Å². The molecule has 7 heteroatoms. The minimum Gasteiger partial charge on any atom is -0.481 e. The van der Waals surface area contributed by atoms with Gasteiger partial charge in [0.15, 0.2) is 0 Å². The molecule has 1 amide bonds. The summed E-state index contributed by atoms with van der Waals surface area (Å²) in [5, 5.41) is 14.2. The van der Waals surface area contributed by atoms with E-state index in [1.807, 2.05) is 12.3 Å². The zero-order valence-electron chi connectivity index (χ0n) is 11.1. The number of nitrogens with one attached hydrogen (secondary N) is 2. The first-order valence-electron chi connectivity index (χ1n) is 6.09. The highest BCUT2D eigenvalue weighted by Crippen LogP contribution is 2.22. The second kappa shape index (κ2) is 5.87. The molecule has 0 aromatic carbocycles. The number of carbonyl (C=O) groups excluding carboxylic acids is 1. The molecule has 0 aliphatic heterocycles. The molecule has 0 fully saturated rings. The minimum absolute atomic E-state index is 0.0956. The van der Waals surface area contributed by atoms with Gasteiger partial charge in [0.25, 0.3) is 5.91 Å². The van der Waals surface area contributed by atoms with Crippen LogP contribution in [0.1, 0.15) is 22.4 Å². The van der Waals surface area contributed by atoms with Crippen molar-refractivity contribution in [3.63, 3.8) is 0 Å². The van der Waals surface area contributed by atoms with Crippen LogP contribution in [0.5, 0.6) is 0 Å². The smallest absolute Gasteiger partial charge is 0.308 e. The van der Waals surface area contributed by atoms with Crippen molar-refractivity contribution in [2.45, 2.75) is 13.8 Å². The number of amides is 1. The monoisotopic (exact) mass is 293 g/mol. The molecule has 0 aliphatic rings. The summed E-state index contributed by atoms with van der Waals surface area (Å²) in [4.78, 5) is 29.8. The van der Waals surface area contributed by atoms with Gasteiger partial charge in [-0.05, 0) is 13.0 Å². The maximum Gasteiger partial charge on any atom is 0.308 e. The molecular formula is C13H15N3O3S. The van der Waals surface area contributed by atoms with Crippen molar-refractivity contribution < 1.29 is 14.7 Å². The molecule has 0 aliphatic carbocycles. The predicted octanol–water partition coefficient (Wildman–Crippen LogP) is 1.90. The first kappa shape index (κ1) is 14.3. The number of nitrogens with zero attached hydrogens (tertiary/aromatic N) is 1. The van der Waals surface area contributed by atoms with Crippen LogP contribution in [-0.2, 0) is 4.79 Å². The van der Waals surface area contributed by atoms with E-state index in [0.717, 1.165) is 16.3 Å². The van der Waals surface area contributed by atoms with Gasteiger partial charge in [-0.2, -0.15) is 0 Å². The highest BCUT2D eigenvalue weighted by molar-refractivity contribution is 7.09. The Balaban J connectivity index is 2.01. The summed E-state index contributed by atoms with van der Waals surface area (Å²) in [5.74, 6) is -1.87. The third-order valence-electron chi connectivity index (χ3n) is 2.83. The molecule has 0 spiro atoms. The highest BCUT2D eigenvalue weighted by Gasteiger charge is 2.15. The lowest BCUT2D eigenvalue weighted by atomic mass is 10.2. The molecule has 2 aromatic heterocycles. The van der Waals surface area contributed by atoms with E-state index in [9.17, 15) is 9.59 Å². The molecule has 3 N–H and O–H groups in total. The molecule has 6 nitrogen and oxygen atoms in total. The molecule has 2 heterocycles. The summed E-state index contributed by atoms with van der Waals surface area (Å²) >= 11 is 1.54. The molecule has 2 aromatic rings.